The van der Waals surface area contributed by atoms with Gasteiger partial charge in [0.15, 0.2) is 18.5 Å². The molecule has 2 amide bonds. The van der Waals surface area contributed by atoms with Gasteiger partial charge in [0.05, 0.1) is 17.0 Å². The third kappa shape index (κ3) is 6.21. The predicted octanol–water partition coefficient (Wildman–Crippen LogP) is 3.68. The summed E-state index contributed by atoms with van der Waals surface area (Å²) in [4.78, 5) is 36.5. The van der Waals surface area contributed by atoms with E-state index >= 15 is 0 Å². The number of hydrogen-bond donors (Lipinski definition) is 2. The molecule has 0 saturated heterocycles. The van der Waals surface area contributed by atoms with E-state index in [0.717, 1.165) is 6.07 Å². The lowest BCUT2D eigenvalue weighted by Crippen LogP contribution is -2.42. The fraction of sp³-hybridized carbons (Fsp3) is 0.227. The molecule has 32 heavy (non-hydrogen) atoms. The maximum absolute atomic E-state index is 13.4. The number of nitrogens with one attached hydrogen (secondary N) is 2. The number of halogens is 3. The van der Waals surface area contributed by atoms with E-state index in [1.165, 1.54) is 18.2 Å². The van der Waals surface area contributed by atoms with Gasteiger partial charge < -0.3 is 20.1 Å². The number of amides is 2. The minimum absolute atomic E-state index is 0.0426. The Hall–Kier alpha value is -3.10. The molecular weight excluding hydrogens is 462 g/mol. The number of rotatable bonds is 8. The van der Waals surface area contributed by atoms with E-state index in [2.05, 4.69) is 17.2 Å². The van der Waals surface area contributed by atoms with Crippen LogP contribution in [0.2, 0.25) is 10.0 Å². The van der Waals surface area contributed by atoms with Crippen LogP contribution in [-0.2, 0) is 9.59 Å². The van der Waals surface area contributed by atoms with Crippen molar-refractivity contribution in [2.45, 2.75) is 18.9 Å². The second-order valence-electron chi connectivity index (χ2n) is 6.93. The average molecular weight is 481 g/mol. The summed E-state index contributed by atoms with van der Waals surface area (Å²) in [5.41, 5.74) is 0.681. The number of carbonyl (C=O) groups excluding carboxylic acids is 3. The number of carbonyl (C=O) groups is 3. The van der Waals surface area contributed by atoms with Crippen LogP contribution in [0.15, 0.2) is 48.7 Å². The van der Waals surface area contributed by atoms with E-state index < -0.39 is 23.7 Å². The van der Waals surface area contributed by atoms with Gasteiger partial charge in [-0.1, -0.05) is 29.8 Å². The molecule has 2 N–H and O–H groups in total. The molecule has 3 rings (SSSR count). The van der Waals surface area contributed by atoms with Crippen LogP contribution >= 0.6 is 23.2 Å². The Morgan fingerprint density at radius 3 is 2.75 bits per heavy atom. The number of hydrogen-bond acceptors (Lipinski definition) is 5. The zero-order valence-electron chi connectivity index (χ0n) is 16.8. The first kappa shape index (κ1) is 23.6. The maximum Gasteiger partial charge on any atom is 0.265 e. The Bertz CT molecular complexity index is 1080. The highest BCUT2D eigenvalue weighted by Gasteiger charge is 2.31. The van der Waals surface area contributed by atoms with Crippen LogP contribution in [0.5, 0.6) is 11.5 Å². The average Bonchev–Trinajstić information content (AvgIpc) is 2.75. The summed E-state index contributed by atoms with van der Waals surface area (Å²) in [6.45, 7) is 3.61. The molecule has 1 heterocycles. The maximum atomic E-state index is 13.4. The van der Waals surface area contributed by atoms with Crippen LogP contribution in [0.3, 0.4) is 0 Å². The smallest absolute Gasteiger partial charge is 0.265 e. The molecule has 1 aliphatic heterocycles. The second kappa shape index (κ2) is 10.5. The predicted molar refractivity (Wildman–Crippen MR) is 117 cm³/mol. The number of Topliss-reactive ketones (excluding diaryl/α,β-unsaturated/α-hetero) is 1. The van der Waals surface area contributed by atoms with Crippen molar-refractivity contribution in [3.8, 4) is 11.5 Å². The minimum Gasteiger partial charge on any atom is -0.484 e. The van der Waals surface area contributed by atoms with Crippen molar-refractivity contribution in [2.75, 3.05) is 13.2 Å². The van der Waals surface area contributed by atoms with Gasteiger partial charge in [0.25, 0.3) is 11.8 Å². The third-order valence-electron chi connectivity index (χ3n) is 4.48. The Kier molecular flexibility index (Phi) is 7.71. The van der Waals surface area contributed by atoms with Crippen LogP contribution < -0.4 is 20.1 Å². The molecule has 0 bridgehead atoms. The molecule has 2 aromatic rings. The first-order valence-electron chi connectivity index (χ1n) is 9.55. The number of ether oxygens (including phenoxy) is 2. The summed E-state index contributed by atoms with van der Waals surface area (Å²) >= 11 is 11.5. The van der Waals surface area contributed by atoms with Crippen molar-refractivity contribution in [3.05, 3.63) is 70.1 Å². The molecule has 0 radical (unpaired) electrons. The van der Waals surface area contributed by atoms with Crippen molar-refractivity contribution >= 4 is 40.8 Å². The van der Waals surface area contributed by atoms with E-state index in [4.69, 9.17) is 32.7 Å². The molecule has 0 saturated carbocycles. The zero-order chi connectivity index (χ0) is 23.3. The third-order valence-corrected chi connectivity index (χ3v) is 5.03. The molecule has 7 nitrogen and oxygen atoms in total. The molecule has 168 valence electrons. The largest absolute Gasteiger partial charge is 0.484 e. The highest BCUT2D eigenvalue weighted by atomic mass is 35.5. The fourth-order valence-corrected chi connectivity index (χ4v) is 3.17. The standard InChI is InChI=1S/C22H19Cl2FN2O5/c1-12(6-7-26-21(29)11-31-14-3-4-16(24)17(25)9-14)27-22(30)20-10-18(28)15-8-13(23)2-5-19(15)32-20/h2-5,8-9,20H,1,6-7,10-11H2,(H,26,29)(H,27,30). The van der Waals surface area contributed by atoms with Crippen molar-refractivity contribution in [1.82, 2.24) is 10.6 Å². The summed E-state index contributed by atoms with van der Waals surface area (Å²) in [6, 6.07) is 8.47. The number of benzene rings is 2. The summed E-state index contributed by atoms with van der Waals surface area (Å²) in [6.07, 6.45) is -0.859. The zero-order valence-corrected chi connectivity index (χ0v) is 18.3. The first-order valence-corrected chi connectivity index (χ1v) is 10.3. The molecule has 0 aliphatic carbocycles. The Balaban J connectivity index is 1.39. The van der Waals surface area contributed by atoms with E-state index in [9.17, 15) is 18.8 Å². The highest BCUT2D eigenvalue weighted by Crippen LogP contribution is 2.30. The Labute approximate surface area is 193 Å². The molecule has 1 aliphatic rings. The van der Waals surface area contributed by atoms with Gasteiger partial charge >= 0.3 is 0 Å². The first-order chi connectivity index (χ1) is 15.2. The van der Waals surface area contributed by atoms with Crippen molar-refractivity contribution in [3.63, 3.8) is 0 Å². The quantitative estimate of drug-likeness (QED) is 0.600. The van der Waals surface area contributed by atoms with Crippen molar-refractivity contribution < 1.29 is 28.2 Å². The lowest BCUT2D eigenvalue weighted by molar-refractivity contribution is -0.127. The van der Waals surface area contributed by atoms with E-state index in [-0.39, 0.29) is 42.5 Å². The van der Waals surface area contributed by atoms with Crippen LogP contribution in [0.25, 0.3) is 0 Å². The molecular formula is C22H19Cl2FN2O5. The van der Waals surface area contributed by atoms with E-state index in [1.807, 2.05) is 0 Å². The molecule has 0 spiro atoms. The van der Waals surface area contributed by atoms with Gasteiger partial charge in [-0.2, -0.15) is 0 Å². The van der Waals surface area contributed by atoms with Crippen LogP contribution in [0.4, 0.5) is 4.39 Å². The number of ketones is 1. The SMILES string of the molecule is C=C(CCNC(=O)COc1ccc(Cl)c(F)c1)NC(=O)C1CC(=O)c2cc(Cl)ccc2O1. The molecule has 0 fully saturated rings. The van der Waals surface area contributed by atoms with Crippen LogP contribution in [0.1, 0.15) is 23.2 Å². The van der Waals surface area contributed by atoms with Crippen molar-refractivity contribution in [2.24, 2.45) is 0 Å². The normalized spacial score (nSPS) is 14.7. The fourth-order valence-electron chi connectivity index (χ4n) is 2.88. The highest BCUT2D eigenvalue weighted by molar-refractivity contribution is 6.31. The molecule has 2 aromatic carbocycles. The van der Waals surface area contributed by atoms with E-state index in [0.29, 0.717) is 22.0 Å². The van der Waals surface area contributed by atoms with Gasteiger partial charge in [-0.05, 0) is 30.3 Å². The van der Waals surface area contributed by atoms with Gasteiger partial charge in [0.2, 0.25) is 0 Å². The Morgan fingerprint density at radius 1 is 1.22 bits per heavy atom. The van der Waals surface area contributed by atoms with E-state index in [1.54, 1.807) is 12.1 Å². The van der Waals surface area contributed by atoms with Crippen LogP contribution in [-0.4, -0.2) is 36.9 Å². The lowest BCUT2D eigenvalue weighted by atomic mass is 10.0. The summed E-state index contributed by atoms with van der Waals surface area (Å²) < 4.78 is 24.1. The van der Waals surface area contributed by atoms with Gasteiger partial charge in [0.1, 0.15) is 17.3 Å². The molecule has 10 heteroatoms. The van der Waals surface area contributed by atoms with Crippen LogP contribution in [0, 0.1) is 5.82 Å². The van der Waals surface area contributed by atoms with Gasteiger partial charge in [0, 0.05) is 29.8 Å². The lowest BCUT2D eigenvalue weighted by Gasteiger charge is -2.24. The van der Waals surface area contributed by atoms with Gasteiger partial charge in [-0.25, -0.2) is 4.39 Å². The summed E-state index contributed by atoms with van der Waals surface area (Å²) in [5, 5.41) is 5.54. The molecule has 0 aromatic heterocycles. The van der Waals surface area contributed by atoms with Crippen molar-refractivity contribution in [1.29, 1.82) is 0 Å². The number of fused-ring (bicyclic) bond motifs is 1. The molecule has 1 atom stereocenters. The summed E-state index contributed by atoms with van der Waals surface area (Å²) in [7, 11) is 0. The minimum atomic E-state index is -0.990. The summed E-state index contributed by atoms with van der Waals surface area (Å²) in [5.74, 6) is -1.37. The second-order valence-corrected chi connectivity index (χ2v) is 7.78. The Morgan fingerprint density at radius 2 is 2.00 bits per heavy atom. The molecule has 1 unspecified atom stereocenters. The van der Waals surface area contributed by atoms with Gasteiger partial charge in [-0.15, -0.1) is 0 Å². The topological polar surface area (TPSA) is 93.7 Å². The monoisotopic (exact) mass is 480 g/mol. The van der Waals surface area contributed by atoms with Gasteiger partial charge in [-0.3, -0.25) is 14.4 Å².